The third-order valence-corrected chi connectivity index (χ3v) is 16.1. The van der Waals surface area contributed by atoms with E-state index in [9.17, 15) is 28.8 Å². The molecule has 4 aromatic carbocycles. The maximum absolute atomic E-state index is 14.6. The summed E-state index contributed by atoms with van der Waals surface area (Å²) in [6, 6.07) is 21.7. The van der Waals surface area contributed by atoms with Crippen LogP contribution in [0.3, 0.4) is 0 Å². The van der Waals surface area contributed by atoms with Crippen LogP contribution in [0.5, 0.6) is 11.5 Å². The van der Waals surface area contributed by atoms with Gasteiger partial charge in [0.05, 0.1) is 16.4 Å². The number of anilines is 3. The van der Waals surface area contributed by atoms with E-state index < -0.39 is 41.5 Å². The van der Waals surface area contributed by atoms with Gasteiger partial charge >= 0.3 is 12.2 Å². The number of benzene rings is 4. The molecule has 22 heteroatoms. The number of ether oxygens (including phenoxy) is 3. The number of nitrogens with zero attached hydrogens (tertiary/aromatic N) is 4. The normalized spacial score (nSPS) is 15.2. The molecule has 3 atom stereocenters. The van der Waals surface area contributed by atoms with Crippen molar-refractivity contribution < 1.29 is 43.0 Å². The summed E-state index contributed by atoms with van der Waals surface area (Å²) in [4.78, 5) is 92.2. The molecule has 422 valence electrons. The van der Waals surface area contributed by atoms with Gasteiger partial charge in [-0.3, -0.25) is 24.1 Å². The molecule has 0 aliphatic carbocycles. The van der Waals surface area contributed by atoms with Crippen molar-refractivity contribution in [3.8, 4) is 11.5 Å². The second-order valence-corrected chi connectivity index (χ2v) is 22.8. The van der Waals surface area contributed by atoms with E-state index in [2.05, 4.69) is 25.5 Å². The predicted molar refractivity (Wildman–Crippen MR) is 312 cm³/mol. The van der Waals surface area contributed by atoms with Gasteiger partial charge in [0.15, 0.2) is 5.75 Å². The lowest BCUT2D eigenvalue weighted by Crippen LogP contribution is -2.44. The minimum absolute atomic E-state index is 0.0244. The van der Waals surface area contributed by atoms with Crippen molar-refractivity contribution in [1.29, 1.82) is 0 Å². The molecule has 20 nitrogen and oxygen atoms in total. The van der Waals surface area contributed by atoms with Crippen molar-refractivity contribution >= 4 is 108 Å². The van der Waals surface area contributed by atoms with E-state index in [1.165, 1.54) is 34.0 Å². The molecule has 3 aromatic heterocycles. The topological polar surface area (TPSA) is 277 Å². The highest BCUT2D eigenvalue weighted by Crippen LogP contribution is 2.49. The highest BCUT2D eigenvalue weighted by molar-refractivity contribution is 7.17. The molecule has 6 amide bonds. The molecule has 0 spiro atoms. The van der Waals surface area contributed by atoms with Crippen molar-refractivity contribution in [3.63, 3.8) is 0 Å². The van der Waals surface area contributed by atoms with E-state index in [-0.39, 0.29) is 56.2 Å². The van der Waals surface area contributed by atoms with E-state index in [1.54, 1.807) is 67.5 Å². The van der Waals surface area contributed by atoms with Crippen LogP contribution in [-0.2, 0) is 20.9 Å². The van der Waals surface area contributed by atoms with Crippen LogP contribution in [0.25, 0.3) is 31.9 Å². The number of aromatic nitrogens is 2. The summed E-state index contributed by atoms with van der Waals surface area (Å²) in [5, 5.41) is 10.5. The number of likely N-dealkylation sites (tertiary alicyclic amines) is 1. The smallest absolute Gasteiger partial charge is 0.415 e. The van der Waals surface area contributed by atoms with E-state index >= 15 is 0 Å². The van der Waals surface area contributed by atoms with Gasteiger partial charge in [-0.25, -0.2) is 9.59 Å². The number of aromatic amines is 2. The largest absolute Gasteiger partial charge is 0.492 e. The van der Waals surface area contributed by atoms with Crippen LogP contribution in [0.15, 0.2) is 84.2 Å². The molecule has 2 aliphatic rings. The Bertz CT molecular complexity index is 3460. The fraction of sp³-hybridized carbons (Fsp3) is 0.379. The number of primary amides is 2. The van der Waals surface area contributed by atoms with E-state index in [4.69, 9.17) is 43.0 Å². The number of carbonyl (C=O) groups is 6. The van der Waals surface area contributed by atoms with Gasteiger partial charge in [-0.2, -0.15) is 0 Å². The van der Waals surface area contributed by atoms with Crippen LogP contribution in [0.1, 0.15) is 83.1 Å². The van der Waals surface area contributed by atoms with Gasteiger partial charge in [-0.1, -0.05) is 26.0 Å². The Morgan fingerprint density at radius 2 is 1.50 bits per heavy atom. The average molecular weight is 1130 g/mol. The first kappa shape index (κ1) is 56.9. The molecular weight excluding hydrogens is 1060 g/mol. The molecule has 9 rings (SSSR count). The van der Waals surface area contributed by atoms with E-state index in [1.807, 2.05) is 56.5 Å². The lowest BCUT2D eigenvalue weighted by molar-refractivity contribution is -0.121. The van der Waals surface area contributed by atoms with Crippen LogP contribution < -0.4 is 42.2 Å². The number of alkyl halides is 1. The zero-order chi connectivity index (χ0) is 57.0. The number of thiophene rings is 1. The molecule has 10 N–H and O–H groups in total. The first-order valence-corrected chi connectivity index (χ1v) is 28.0. The maximum Gasteiger partial charge on any atom is 0.415 e. The molecule has 5 heterocycles. The Kier molecular flexibility index (Phi) is 17.2. The Balaban J connectivity index is 0.814. The van der Waals surface area contributed by atoms with Crippen LogP contribution in [0, 0.1) is 12.3 Å². The van der Waals surface area contributed by atoms with Gasteiger partial charge < -0.3 is 66.7 Å². The zero-order valence-corrected chi connectivity index (χ0v) is 47.1. The summed E-state index contributed by atoms with van der Waals surface area (Å²) in [5.41, 5.74) is 22.4. The first-order valence-electron chi connectivity index (χ1n) is 26.6. The van der Waals surface area contributed by atoms with E-state index in [0.29, 0.717) is 58.4 Å². The Morgan fingerprint density at radius 1 is 0.838 bits per heavy atom. The van der Waals surface area contributed by atoms with Crippen molar-refractivity contribution in [3.05, 3.63) is 112 Å². The molecule has 0 bridgehead atoms. The van der Waals surface area contributed by atoms with Crippen molar-refractivity contribution in [1.82, 2.24) is 24.7 Å². The first-order chi connectivity index (χ1) is 38.2. The van der Waals surface area contributed by atoms with Crippen molar-refractivity contribution in [2.75, 3.05) is 81.4 Å². The van der Waals surface area contributed by atoms with Gasteiger partial charge in [-0.05, 0) is 128 Å². The number of amides is 6. The molecule has 0 saturated carbocycles. The minimum Gasteiger partial charge on any atom is -0.492 e. The van der Waals surface area contributed by atoms with Gasteiger partial charge in [0.1, 0.15) is 36.4 Å². The predicted octanol–water partition coefficient (Wildman–Crippen LogP) is 8.47. The highest BCUT2D eigenvalue weighted by atomic mass is 35.5. The lowest BCUT2D eigenvalue weighted by atomic mass is 9.92. The van der Waals surface area contributed by atoms with Crippen molar-refractivity contribution in [2.24, 2.45) is 22.6 Å². The number of hydrogen-bond acceptors (Lipinski definition) is 13. The molecule has 2 aliphatic heterocycles. The van der Waals surface area contributed by atoms with E-state index in [0.717, 1.165) is 62.9 Å². The second-order valence-electron chi connectivity index (χ2n) is 21.6. The number of rotatable bonds is 22. The summed E-state index contributed by atoms with van der Waals surface area (Å²) in [6.45, 7) is 10.3. The third kappa shape index (κ3) is 13.1. The monoisotopic (exact) mass is 1130 g/mol. The number of nitrogens with two attached hydrogens (primary N) is 3. The van der Waals surface area contributed by atoms with Gasteiger partial charge in [0.25, 0.3) is 11.8 Å². The van der Waals surface area contributed by atoms with Crippen LogP contribution in [0.2, 0.25) is 0 Å². The molecule has 1 unspecified atom stereocenters. The van der Waals surface area contributed by atoms with Crippen LogP contribution >= 0.6 is 22.9 Å². The van der Waals surface area contributed by atoms with Gasteiger partial charge in [0.2, 0.25) is 11.8 Å². The average Bonchev–Trinajstić information content (AvgIpc) is 4.31. The molecule has 1 fully saturated rings. The number of aryl methyl sites for hydroxylation is 1. The standard InChI is InChI=1S/C58H68ClN11O9S/c1-33-30-80-51-48(79-57(76)68(5)32-58(2,3)31-67(4)56(75)78-29-34-8-10-38(11-9-34)63-44(53(62)72)17-14-41(60)52(61)71)26-47-50(49(33)51)37(27-59)28-70(47)55(74)46-25-35-22-39(12-15-42(35)66-46)64-54(73)45-24-36-23-40(13-16-43(36)65-45)77-21-20-69-18-6-7-19-69/h8-13,15-16,22-26,30,37,41,44,63,65-66H,6-7,14,17-21,27-29,31-32,60H2,1-5H3,(H2,61,71)(H2,62,72)(H,64,73)/t37-,41?,44-/m0/s1. The number of hydrogen-bond donors (Lipinski definition) is 7. The number of H-pyrrole nitrogens is 2. The number of fused-ring (bicyclic) bond motifs is 5. The summed E-state index contributed by atoms with van der Waals surface area (Å²) in [5.74, 6) is -0.779. The third-order valence-electron chi connectivity index (χ3n) is 14.6. The van der Waals surface area contributed by atoms with Crippen LogP contribution in [0.4, 0.5) is 26.7 Å². The summed E-state index contributed by atoms with van der Waals surface area (Å²) in [7, 11) is 3.25. The Morgan fingerprint density at radius 3 is 2.20 bits per heavy atom. The second kappa shape index (κ2) is 24.3. The summed E-state index contributed by atoms with van der Waals surface area (Å²) in [6.07, 6.45) is 1.65. The molecule has 80 heavy (non-hydrogen) atoms. The summed E-state index contributed by atoms with van der Waals surface area (Å²) < 4.78 is 18.6. The number of halogens is 1. The number of nitrogens with one attached hydrogen (secondary N) is 4. The minimum atomic E-state index is -0.898. The molecule has 0 radical (unpaired) electrons. The van der Waals surface area contributed by atoms with Gasteiger partial charge in [0, 0.05) is 102 Å². The fourth-order valence-corrected chi connectivity index (χ4v) is 11.9. The van der Waals surface area contributed by atoms with Crippen molar-refractivity contribution in [2.45, 2.75) is 71.1 Å². The Hall–Kier alpha value is -7.85. The molecule has 1 saturated heterocycles. The van der Waals surface area contributed by atoms with Crippen LogP contribution in [-0.4, -0.2) is 138 Å². The molecule has 7 aromatic rings. The Labute approximate surface area is 472 Å². The van der Waals surface area contributed by atoms with Gasteiger partial charge in [-0.15, -0.1) is 22.9 Å². The number of carbonyl (C=O) groups excluding carboxylic acids is 6. The highest BCUT2D eigenvalue weighted by Gasteiger charge is 2.37. The summed E-state index contributed by atoms with van der Waals surface area (Å²) >= 11 is 8.09. The lowest BCUT2D eigenvalue weighted by Gasteiger charge is -2.33. The SMILES string of the molecule is Cc1csc2c(OC(=O)N(C)CC(C)(C)CN(C)C(=O)OCc3ccc(N[C@@H](CCC(N)C(N)=O)C(N)=O)cc3)cc3c(c12)[C@@H](CCl)CN3C(=O)c1cc2cc(NC(=O)c3cc4cc(OCCN5CCCC5)ccc4[nH]3)ccc2[nH]1. The zero-order valence-electron chi connectivity index (χ0n) is 45.5. The quantitative estimate of drug-likeness (QED) is 0.0315. The maximum atomic E-state index is 14.6. The fourth-order valence-electron chi connectivity index (χ4n) is 10.7. The molecular formula is C58H68ClN11O9S.